The Morgan fingerprint density at radius 3 is 2.43 bits per heavy atom. The molecule has 234 valence electrons. The third-order valence-electron chi connectivity index (χ3n) is 9.82. The molecule has 0 atom stereocenters. The monoisotopic (exact) mass is 614 g/mol. The lowest BCUT2D eigenvalue weighted by Crippen LogP contribution is -2.55. The number of benzene rings is 3. The molecule has 2 N–H and O–H groups in total. The van der Waals surface area contributed by atoms with Crippen molar-refractivity contribution in [1.82, 2.24) is 14.7 Å². The summed E-state index contributed by atoms with van der Waals surface area (Å²) in [5.41, 5.74) is 5.43. The molecule has 0 unspecified atom stereocenters. The van der Waals surface area contributed by atoms with E-state index >= 15 is 0 Å². The third-order valence-corrected chi connectivity index (χ3v) is 9.82. The van der Waals surface area contributed by atoms with Crippen LogP contribution in [0.1, 0.15) is 85.2 Å². The number of amides is 2. The van der Waals surface area contributed by atoms with Crippen LogP contribution in [0, 0.1) is 0 Å². The molecule has 46 heavy (non-hydrogen) atoms. The van der Waals surface area contributed by atoms with Gasteiger partial charge >= 0.3 is 5.97 Å². The number of hydrogen-bond donors (Lipinski definition) is 2. The van der Waals surface area contributed by atoms with Gasteiger partial charge in [-0.1, -0.05) is 68.5 Å². The van der Waals surface area contributed by atoms with Crippen molar-refractivity contribution >= 4 is 56.9 Å². The van der Waals surface area contributed by atoms with Crippen molar-refractivity contribution in [1.29, 1.82) is 0 Å². The fraction of sp³-hybridized carbons (Fsp3) is 0.316. The molecule has 8 heteroatoms. The molecule has 2 saturated carbocycles. The van der Waals surface area contributed by atoms with E-state index in [0.29, 0.717) is 30.0 Å². The number of nitrogens with one attached hydrogen (secondary N) is 2. The molecular weight excluding hydrogens is 576 g/mol. The first-order valence-corrected chi connectivity index (χ1v) is 16.3. The van der Waals surface area contributed by atoms with E-state index in [0.717, 1.165) is 47.7 Å². The number of para-hydroxylation sites is 1. The summed E-state index contributed by atoms with van der Waals surface area (Å²) in [7, 11) is 1.33. The van der Waals surface area contributed by atoms with Gasteiger partial charge in [-0.15, -0.1) is 0 Å². The standard InChI is InChI=1S/C38H38N4O4/c1-46-33(43)20-15-25-13-17-28(18-14-25)40-37(45)38(21-7-8-22-38)41-36(44)27-16-19-30-32(23-27)42-24-39-31-12-6-5-11-29(31)35(42)34(30)26-9-3-2-4-10-26/h5-6,11-20,23-24,26H,2-4,7-10,21-22H2,1H3,(H,40,45)(H,41,44). The first kappa shape index (κ1) is 29.7. The Morgan fingerprint density at radius 1 is 0.913 bits per heavy atom. The fourth-order valence-electron chi connectivity index (χ4n) is 7.42. The highest BCUT2D eigenvalue weighted by molar-refractivity contribution is 6.08. The minimum Gasteiger partial charge on any atom is -0.466 e. The predicted molar refractivity (Wildman–Crippen MR) is 181 cm³/mol. The molecule has 5 aromatic rings. The van der Waals surface area contributed by atoms with Crippen molar-refractivity contribution in [2.24, 2.45) is 0 Å². The molecule has 0 radical (unpaired) electrons. The average molecular weight is 615 g/mol. The Labute approximate surface area is 267 Å². The van der Waals surface area contributed by atoms with Crippen molar-refractivity contribution in [3.63, 3.8) is 0 Å². The van der Waals surface area contributed by atoms with E-state index in [1.54, 1.807) is 18.2 Å². The first-order valence-electron chi connectivity index (χ1n) is 16.3. The van der Waals surface area contributed by atoms with Gasteiger partial charge in [0.1, 0.15) is 11.9 Å². The second kappa shape index (κ2) is 12.4. The number of hydrogen-bond acceptors (Lipinski definition) is 5. The lowest BCUT2D eigenvalue weighted by Gasteiger charge is -2.29. The molecule has 0 aliphatic heterocycles. The first-order chi connectivity index (χ1) is 22.5. The highest BCUT2D eigenvalue weighted by Gasteiger charge is 2.42. The van der Waals surface area contributed by atoms with E-state index in [9.17, 15) is 14.4 Å². The van der Waals surface area contributed by atoms with Crippen molar-refractivity contribution in [3.8, 4) is 0 Å². The van der Waals surface area contributed by atoms with Crippen LogP contribution < -0.4 is 10.6 Å². The molecule has 0 bridgehead atoms. The molecule has 2 aliphatic carbocycles. The van der Waals surface area contributed by atoms with Gasteiger partial charge < -0.3 is 15.4 Å². The van der Waals surface area contributed by atoms with E-state index in [4.69, 9.17) is 4.98 Å². The summed E-state index contributed by atoms with van der Waals surface area (Å²) in [6.45, 7) is 0. The summed E-state index contributed by atoms with van der Waals surface area (Å²) in [6.07, 6.45) is 13.8. The van der Waals surface area contributed by atoms with Gasteiger partial charge in [0.2, 0.25) is 5.91 Å². The van der Waals surface area contributed by atoms with E-state index in [-0.39, 0.29) is 11.8 Å². The molecule has 0 saturated heterocycles. The van der Waals surface area contributed by atoms with Gasteiger partial charge in [0, 0.05) is 28.1 Å². The van der Waals surface area contributed by atoms with Crippen LogP contribution in [-0.2, 0) is 14.3 Å². The average Bonchev–Trinajstić information content (AvgIpc) is 3.71. The molecular formula is C38H38N4O4. The van der Waals surface area contributed by atoms with Crippen LogP contribution in [0.15, 0.2) is 79.1 Å². The molecule has 3 aromatic carbocycles. The summed E-state index contributed by atoms with van der Waals surface area (Å²) >= 11 is 0. The predicted octanol–water partition coefficient (Wildman–Crippen LogP) is 7.56. The molecule has 8 nitrogen and oxygen atoms in total. The van der Waals surface area contributed by atoms with Crippen LogP contribution in [0.3, 0.4) is 0 Å². The van der Waals surface area contributed by atoms with Crippen molar-refractivity contribution < 1.29 is 19.1 Å². The molecule has 0 spiro atoms. The Bertz CT molecular complexity index is 1980. The normalized spacial score (nSPS) is 16.7. The van der Waals surface area contributed by atoms with Gasteiger partial charge in [0.25, 0.3) is 5.91 Å². The number of rotatable bonds is 7. The highest BCUT2D eigenvalue weighted by Crippen LogP contribution is 2.42. The van der Waals surface area contributed by atoms with Crippen LogP contribution >= 0.6 is 0 Å². The maximum atomic E-state index is 13.9. The molecule has 2 fully saturated rings. The van der Waals surface area contributed by atoms with Crippen LogP contribution in [0.2, 0.25) is 0 Å². The van der Waals surface area contributed by atoms with Gasteiger partial charge in [0.05, 0.1) is 23.7 Å². The Kier molecular flexibility index (Phi) is 8.03. The van der Waals surface area contributed by atoms with Crippen LogP contribution in [-0.4, -0.2) is 39.8 Å². The fourth-order valence-corrected chi connectivity index (χ4v) is 7.42. The number of carbonyl (C=O) groups excluding carboxylic acids is 3. The smallest absolute Gasteiger partial charge is 0.330 e. The number of fused-ring (bicyclic) bond motifs is 5. The topological polar surface area (TPSA) is 102 Å². The number of ether oxygens (including phenoxy) is 1. The molecule has 2 heterocycles. The maximum absolute atomic E-state index is 13.9. The second-order valence-electron chi connectivity index (χ2n) is 12.6. The number of methoxy groups -OCH3 is 1. The van der Waals surface area contributed by atoms with E-state index in [1.807, 2.05) is 36.7 Å². The SMILES string of the molecule is COC(=O)C=Cc1ccc(NC(=O)C2(NC(=O)c3ccc4c(C5CCCCC5)c5c6ccccc6ncn5c4c3)CCCC2)cc1. The Balaban J connectivity index is 1.18. The van der Waals surface area contributed by atoms with Crippen LogP contribution in [0.5, 0.6) is 0 Å². The number of nitrogens with zero attached hydrogens (tertiary/aromatic N) is 2. The van der Waals surface area contributed by atoms with Gasteiger partial charge in [-0.25, -0.2) is 9.78 Å². The summed E-state index contributed by atoms with van der Waals surface area (Å²) in [5, 5.41) is 8.46. The van der Waals surface area contributed by atoms with Crippen LogP contribution in [0.25, 0.3) is 33.4 Å². The zero-order valence-corrected chi connectivity index (χ0v) is 26.1. The largest absolute Gasteiger partial charge is 0.466 e. The molecule has 7 rings (SSSR count). The summed E-state index contributed by atoms with van der Waals surface area (Å²) < 4.78 is 6.79. The Hall–Kier alpha value is -4.98. The molecule has 2 aromatic heterocycles. The summed E-state index contributed by atoms with van der Waals surface area (Å²) in [6, 6.07) is 21.4. The zero-order chi connectivity index (χ0) is 31.7. The van der Waals surface area contributed by atoms with Crippen LogP contribution in [0.4, 0.5) is 5.69 Å². The zero-order valence-electron chi connectivity index (χ0n) is 26.1. The second-order valence-corrected chi connectivity index (χ2v) is 12.6. The quantitative estimate of drug-likeness (QED) is 0.146. The van der Waals surface area contributed by atoms with Crippen molar-refractivity contribution in [2.75, 3.05) is 12.4 Å². The number of carbonyl (C=O) groups is 3. The maximum Gasteiger partial charge on any atom is 0.330 e. The van der Waals surface area contributed by atoms with Gasteiger partial charge in [-0.05, 0) is 79.1 Å². The van der Waals surface area contributed by atoms with E-state index < -0.39 is 11.5 Å². The Morgan fingerprint density at radius 2 is 1.67 bits per heavy atom. The highest BCUT2D eigenvalue weighted by atomic mass is 16.5. The van der Waals surface area contributed by atoms with Crippen molar-refractivity contribution in [3.05, 3.63) is 95.8 Å². The van der Waals surface area contributed by atoms with E-state index in [1.165, 1.54) is 48.9 Å². The minimum atomic E-state index is -0.998. The van der Waals surface area contributed by atoms with E-state index in [2.05, 4.69) is 44.0 Å². The lowest BCUT2D eigenvalue weighted by molar-refractivity contribution is -0.134. The summed E-state index contributed by atoms with van der Waals surface area (Å²) in [5.74, 6) is -0.448. The minimum absolute atomic E-state index is 0.222. The van der Waals surface area contributed by atoms with Crippen molar-refractivity contribution in [2.45, 2.75) is 69.2 Å². The number of aromatic nitrogens is 2. The third kappa shape index (κ3) is 5.53. The number of anilines is 1. The lowest BCUT2D eigenvalue weighted by atomic mass is 9.82. The van der Waals surface area contributed by atoms with Gasteiger partial charge in [0.15, 0.2) is 0 Å². The van der Waals surface area contributed by atoms with Gasteiger partial charge in [-0.3, -0.25) is 14.0 Å². The summed E-state index contributed by atoms with van der Waals surface area (Å²) in [4.78, 5) is 43.8. The molecule has 2 aliphatic rings. The molecule has 2 amide bonds. The van der Waals surface area contributed by atoms with Gasteiger partial charge in [-0.2, -0.15) is 0 Å². The number of esters is 1.